The number of H-pyrrole nitrogens is 1. The van der Waals surface area contributed by atoms with E-state index in [1.165, 1.54) is 6.08 Å². The minimum absolute atomic E-state index is 0.0248. The molecule has 1 aromatic carbocycles. The molecule has 1 aliphatic rings. The Morgan fingerprint density at radius 1 is 1.22 bits per heavy atom. The van der Waals surface area contributed by atoms with Gasteiger partial charge in [0.25, 0.3) is 11.8 Å². The molecule has 8 nitrogen and oxygen atoms in total. The van der Waals surface area contributed by atoms with Gasteiger partial charge in [-0.3, -0.25) is 19.5 Å². The van der Waals surface area contributed by atoms with Gasteiger partial charge < -0.3 is 15.4 Å². The molecule has 0 atom stereocenters. The summed E-state index contributed by atoms with van der Waals surface area (Å²) in [6, 6.07) is 7.31. The number of aliphatic hydroxyl groups is 1. The van der Waals surface area contributed by atoms with Gasteiger partial charge in [0.05, 0.1) is 24.2 Å². The number of fused-ring (bicyclic) bond motifs is 1. The monoisotopic (exact) mass is 427 g/mol. The Balaban J connectivity index is 1.60. The number of carbonyl (C=O) groups is 2. The number of nitrogens with zero attached hydrogens (tertiary/aromatic N) is 3. The molecule has 0 spiro atoms. The first kappa shape index (κ1) is 17.4. The molecule has 27 heavy (non-hydrogen) atoms. The molecule has 0 bridgehead atoms. The molecule has 3 aromatic rings. The fourth-order valence-corrected chi connectivity index (χ4v) is 3.20. The molecule has 9 heteroatoms. The van der Waals surface area contributed by atoms with Gasteiger partial charge in [0.2, 0.25) is 0 Å². The van der Waals surface area contributed by atoms with Gasteiger partial charge in [-0.15, -0.1) is 0 Å². The number of halogens is 1. The molecule has 1 aliphatic heterocycles. The SMILES string of the molecule is O=C1C=C(Nc2ccc3nc(-c4cncc(Br)c4)[nH]c3c2)C(=O)N1CCO. The summed E-state index contributed by atoms with van der Waals surface area (Å²) in [6.45, 7) is -0.297. The Labute approximate surface area is 162 Å². The van der Waals surface area contributed by atoms with Crippen molar-refractivity contribution >= 4 is 44.5 Å². The molecule has 3 N–H and O–H groups in total. The number of aromatic nitrogens is 3. The van der Waals surface area contributed by atoms with Crippen LogP contribution in [0.1, 0.15) is 0 Å². The van der Waals surface area contributed by atoms with Crippen LogP contribution >= 0.6 is 15.9 Å². The number of hydrogen-bond acceptors (Lipinski definition) is 6. The van der Waals surface area contributed by atoms with Gasteiger partial charge in [-0.2, -0.15) is 0 Å². The van der Waals surface area contributed by atoms with Crippen molar-refractivity contribution in [2.75, 3.05) is 18.5 Å². The molecule has 3 heterocycles. The lowest BCUT2D eigenvalue weighted by Crippen LogP contribution is -2.34. The standard InChI is InChI=1S/C18H14BrN5O3/c19-11-5-10(8-20-9-11)17-22-13-2-1-12(6-14(13)23-17)21-15-7-16(26)24(3-4-25)18(15)27/h1-2,5-9,21,25H,3-4H2,(H,22,23). The fraction of sp³-hybridized carbons (Fsp3) is 0.111. The molecule has 0 saturated heterocycles. The van der Waals surface area contributed by atoms with E-state index in [0.29, 0.717) is 11.5 Å². The van der Waals surface area contributed by atoms with Crippen molar-refractivity contribution in [3.8, 4) is 11.4 Å². The average Bonchev–Trinajstić information content (AvgIpc) is 3.18. The molecular weight excluding hydrogens is 414 g/mol. The highest BCUT2D eigenvalue weighted by atomic mass is 79.9. The molecule has 0 unspecified atom stereocenters. The lowest BCUT2D eigenvalue weighted by molar-refractivity contribution is -0.137. The number of carbonyl (C=O) groups excluding carboxylic acids is 2. The van der Waals surface area contributed by atoms with E-state index < -0.39 is 11.8 Å². The largest absolute Gasteiger partial charge is 0.395 e. The molecule has 4 rings (SSSR count). The second kappa shape index (κ2) is 6.93. The van der Waals surface area contributed by atoms with E-state index in [0.717, 1.165) is 26.0 Å². The maximum Gasteiger partial charge on any atom is 0.277 e. The summed E-state index contributed by atoms with van der Waals surface area (Å²) < 4.78 is 0.853. The summed E-state index contributed by atoms with van der Waals surface area (Å²) in [7, 11) is 0. The number of nitrogens with one attached hydrogen (secondary N) is 2. The third-order valence-electron chi connectivity index (χ3n) is 4.07. The number of benzene rings is 1. The molecule has 2 aromatic heterocycles. The Kier molecular flexibility index (Phi) is 4.46. The number of aromatic amines is 1. The van der Waals surface area contributed by atoms with Crippen molar-refractivity contribution < 1.29 is 14.7 Å². The van der Waals surface area contributed by atoms with Gasteiger partial charge in [0.1, 0.15) is 11.5 Å². The minimum atomic E-state index is -0.459. The maximum atomic E-state index is 12.2. The minimum Gasteiger partial charge on any atom is -0.395 e. The zero-order valence-corrected chi connectivity index (χ0v) is 15.5. The summed E-state index contributed by atoms with van der Waals surface area (Å²) in [6.07, 6.45) is 4.64. The van der Waals surface area contributed by atoms with Gasteiger partial charge >= 0.3 is 0 Å². The number of β-amino-alcohol motifs (C(OH)–C–C–N with tert-alkyl or cyclic N) is 1. The van der Waals surface area contributed by atoms with Crippen LogP contribution in [0.15, 0.2) is 52.9 Å². The summed E-state index contributed by atoms with van der Waals surface area (Å²) in [5, 5.41) is 11.9. The van der Waals surface area contributed by atoms with Crippen LogP contribution in [0, 0.1) is 0 Å². The van der Waals surface area contributed by atoms with E-state index in [2.05, 4.69) is 36.2 Å². The number of anilines is 1. The fourth-order valence-electron chi connectivity index (χ4n) is 2.83. The lowest BCUT2D eigenvalue weighted by Gasteiger charge is -2.13. The van der Waals surface area contributed by atoms with Crippen molar-refractivity contribution in [3.63, 3.8) is 0 Å². The number of imidazole rings is 1. The highest BCUT2D eigenvalue weighted by molar-refractivity contribution is 9.10. The number of aliphatic hydroxyl groups excluding tert-OH is 1. The molecule has 0 fully saturated rings. The van der Waals surface area contributed by atoms with E-state index in [9.17, 15) is 9.59 Å². The van der Waals surface area contributed by atoms with Crippen LogP contribution in [0.25, 0.3) is 22.4 Å². The maximum absolute atomic E-state index is 12.2. The Morgan fingerprint density at radius 2 is 2.07 bits per heavy atom. The first-order valence-electron chi connectivity index (χ1n) is 8.11. The van der Waals surface area contributed by atoms with Crippen LogP contribution in [0.4, 0.5) is 5.69 Å². The molecular formula is C18H14BrN5O3. The first-order chi connectivity index (χ1) is 13.0. The molecule has 136 valence electrons. The van der Waals surface area contributed by atoms with E-state index in [1.807, 2.05) is 18.2 Å². The van der Waals surface area contributed by atoms with E-state index >= 15 is 0 Å². The van der Waals surface area contributed by atoms with Gasteiger partial charge in [-0.1, -0.05) is 0 Å². The van der Waals surface area contributed by atoms with Gasteiger partial charge in [0, 0.05) is 34.2 Å². The van der Waals surface area contributed by atoms with Gasteiger partial charge in [-0.05, 0) is 40.2 Å². The average molecular weight is 428 g/mol. The third-order valence-corrected chi connectivity index (χ3v) is 4.51. The highest BCUT2D eigenvalue weighted by Gasteiger charge is 2.30. The van der Waals surface area contributed by atoms with Gasteiger partial charge in [0.15, 0.2) is 0 Å². The van der Waals surface area contributed by atoms with Crippen LogP contribution in [-0.4, -0.2) is 49.9 Å². The smallest absolute Gasteiger partial charge is 0.277 e. The highest BCUT2D eigenvalue weighted by Crippen LogP contribution is 2.25. The Bertz CT molecular complexity index is 1090. The molecule has 0 aliphatic carbocycles. The Hall–Kier alpha value is -3.04. The normalized spacial score (nSPS) is 14.1. The summed E-state index contributed by atoms with van der Waals surface area (Å²) in [5.74, 6) is -0.223. The quantitative estimate of drug-likeness (QED) is 0.537. The second-order valence-electron chi connectivity index (χ2n) is 5.91. The number of amides is 2. The Morgan fingerprint density at radius 3 is 2.85 bits per heavy atom. The van der Waals surface area contributed by atoms with Crippen molar-refractivity contribution in [2.45, 2.75) is 0 Å². The number of rotatable bonds is 5. The van der Waals surface area contributed by atoms with E-state index in [4.69, 9.17) is 5.11 Å². The summed E-state index contributed by atoms with van der Waals surface area (Å²) in [4.78, 5) is 37.0. The number of hydrogen-bond donors (Lipinski definition) is 3. The van der Waals surface area contributed by atoms with Gasteiger partial charge in [-0.25, -0.2) is 4.98 Å². The van der Waals surface area contributed by atoms with Crippen molar-refractivity contribution in [1.82, 2.24) is 19.9 Å². The number of pyridine rings is 1. The lowest BCUT2D eigenvalue weighted by atomic mass is 10.2. The molecule has 0 saturated carbocycles. The van der Waals surface area contributed by atoms with Crippen LogP contribution < -0.4 is 5.32 Å². The third kappa shape index (κ3) is 3.34. The number of imide groups is 1. The summed E-state index contributed by atoms with van der Waals surface area (Å²) >= 11 is 3.39. The summed E-state index contributed by atoms with van der Waals surface area (Å²) in [5.41, 5.74) is 3.20. The predicted octanol–water partition coefficient (Wildman–Crippen LogP) is 2.04. The van der Waals surface area contributed by atoms with E-state index in [1.54, 1.807) is 18.5 Å². The van der Waals surface area contributed by atoms with Crippen LogP contribution in [0.2, 0.25) is 0 Å². The van der Waals surface area contributed by atoms with E-state index in [-0.39, 0.29) is 18.8 Å². The van der Waals surface area contributed by atoms with Crippen LogP contribution in [0.3, 0.4) is 0 Å². The second-order valence-corrected chi connectivity index (χ2v) is 6.83. The topological polar surface area (TPSA) is 111 Å². The van der Waals surface area contributed by atoms with Crippen LogP contribution in [0.5, 0.6) is 0 Å². The zero-order chi connectivity index (χ0) is 19.0. The molecule has 2 amide bonds. The van der Waals surface area contributed by atoms with Crippen molar-refractivity contribution in [2.24, 2.45) is 0 Å². The zero-order valence-electron chi connectivity index (χ0n) is 13.9. The molecule has 0 radical (unpaired) electrons. The van der Waals surface area contributed by atoms with Crippen LogP contribution in [-0.2, 0) is 9.59 Å². The predicted molar refractivity (Wildman–Crippen MR) is 103 cm³/mol. The van der Waals surface area contributed by atoms with Crippen molar-refractivity contribution in [1.29, 1.82) is 0 Å². The van der Waals surface area contributed by atoms with Crippen molar-refractivity contribution in [3.05, 3.63) is 52.9 Å². The first-order valence-corrected chi connectivity index (χ1v) is 8.90.